The summed E-state index contributed by atoms with van der Waals surface area (Å²) in [4.78, 5) is 4.43. The number of rotatable bonds is 8. The van der Waals surface area contributed by atoms with Crippen LogP contribution in [0.15, 0.2) is 65.7 Å². The predicted octanol–water partition coefficient (Wildman–Crippen LogP) is 4.90. The number of nitrogens with one attached hydrogen (secondary N) is 2. The summed E-state index contributed by atoms with van der Waals surface area (Å²) in [5.74, 6) is 1.25. The van der Waals surface area contributed by atoms with E-state index in [1.165, 1.54) is 11.1 Å². The van der Waals surface area contributed by atoms with Gasteiger partial charge in [0, 0.05) is 44.0 Å². The highest BCUT2D eigenvalue weighted by atomic mass is 127. The van der Waals surface area contributed by atoms with Crippen molar-refractivity contribution in [3.05, 3.63) is 71.8 Å². The third-order valence-electron chi connectivity index (χ3n) is 5.77. The van der Waals surface area contributed by atoms with Crippen LogP contribution in [0.2, 0.25) is 0 Å². The number of guanidine groups is 1. The number of hydrogen-bond donors (Lipinski definition) is 2. The number of thioether (sulfide) groups is 1. The molecule has 0 unspecified atom stereocenters. The molecular weight excluding hydrogens is 505 g/mol. The lowest BCUT2D eigenvalue weighted by molar-refractivity contribution is 0.0783. The molecule has 1 aliphatic rings. The Kier molecular flexibility index (Phi) is 11.0. The predicted molar refractivity (Wildman–Crippen MR) is 140 cm³/mol. The molecule has 2 N–H and O–H groups in total. The van der Waals surface area contributed by atoms with E-state index >= 15 is 0 Å². The van der Waals surface area contributed by atoms with Crippen molar-refractivity contribution in [3.63, 3.8) is 0 Å². The Bertz CT molecular complexity index is 712. The van der Waals surface area contributed by atoms with Crippen molar-refractivity contribution in [1.82, 2.24) is 10.6 Å². The van der Waals surface area contributed by atoms with Gasteiger partial charge in [0.15, 0.2) is 5.96 Å². The summed E-state index contributed by atoms with van der Waals surface area (Å²) in [6.45, 7) is 3.48. The minimum Gasteiger partial charge on any atom is -0.381 e. The molecule has 0 aromatic heterocycles. The first-order valence-corrected chi connectivity index (χ1v) is 11.7. The van der Waals surface area contributed by atoms with Crippen molar-refractivity contribution in [2.75, 3.05) is 39.6 Å². The maximum absolute atomic E-state index is 5.55. The number of hydrogen-bond acceptors (Lipinski definition) is 3. The Labute approximate surface area is 202 Å². The summed E-state index contributed by atoms with van der Waals surface area (Å²) >= 11 is 1.94. The van der Waals surface area contributed by atoms with E-state index in [2.05, 4.69) is 82.5 Å². The molecule has 4 nitrogen and oxygen atoms in total. The first-order chi connectivity index (χ1) is 14.3. The van der Waals surface area contributed by atoms with E-state index < -0.39 is 0 Å². The van der Waals surface area contributed by atoms with Crippen LogP contribution in [0, 0.1) is 0 Å². The van der Waals surface area contributed by atoms with Gasteiger partial charge in [-0.15, -0.1) is 24.0 Å². The molecule has 2 aromatic carbocycles. The van der Waals surface area contributed by atoms with Crippen LogP contribution in [-0.2, 0) is 4.74 Å². The topological polar surface area (TPSA) is 45.7 Å². The van der Waals surface area contributed by atoms with Gasteiger partial charge in [0.1, 0.15) is 0 Å². The number of nitrogens with zero attached hydrogens (tertiary/aromatic N) is 1. The fourth-order valence-electron chi connectivity index (χ4n) is 3.89. The van der Waals surface area contributed by atoms with Crippen LogP contribution in [0.1, 0.15) is 36.3 Å². The maximum Gasteiger partial charge on any atom is 0.191 e. The van der Waals surface area contributed by atoms with Crippen LogP contribution >= 0.6 is 35.7 Å². The van der Waals surface area contributed by atoms with Crippen LogP contribution in [0.3, 0.4) is 0 Å². The quantitative estimate of drug-likeness (QED) is 0.285. The van der Waals surface area contributed by atoms with Crippen molar-refractivity contribution < 1.29 is 4.74 Å². The van der Waals surface area contributed by atoms with Gasteiger partial charge in [-0.1, -0.05) is 60.7 Å². The summed E-state index contributed by atoms with van der Waals surface area (Å²) in [5, 5.41) is 7.07. The molecule has 0 atom stereocenters. The van der Waals surface area contributed by atoms with Gasteiger partial charge in [-0.3, -0.25) is 4.99 Å². The molecule has 2 aromatic rings. The Hall–Kier alpha value is -1.25. The molecule has 30 heavy (non-hydrogen) atoms. The van der Waals surface area contributed by atoms with Crippen molar-refractivity contribution in [3.8, 4) is 0 Å². The number of aliphatic imine (C=N–C) groups is 1. The largest absolute Gasteiger partial charge is 0.381 e. The average molecular weight is 540 g/mol. The van der Waals surface area contributed by atoms with E-state index in [4.69, 9.17) is 4.74 Å². The standard InChI is InChI=1S/C24H33N3OS.HI/c1-25-23(27-19-24(29-2)14-17-28-18-15-24)26-16-13-22(20-9-5-3-6-10-20)21-11-7-4-8-12-21;/h3-12,22H,13-19H2,1-2H3,(H2,25,26,27);1H. The lowest BCUT2D eigenvalue weighted by Gasteiger charge is -2.36. The Balaban J connectivity index is 0.00000320. The van der Waals surface area contributed by atoms with Crippen molar-refractivity contribution >= 4 is 41.7 Å². The summed E-state index contributed by atoms with van der Waals surface area (Å²) in [5.41, 5.74) is 2.71. The van der Waals surface area contributed by atoms with Crippen LogP contribution in [0.5, 0.6) is 0 Å². The minimum atomic E-state index is 0. The molecule has 3 rings (SSSR count). The van der Waals surface area contributed by atoms with Gasteiger partial charge in [0.2, 0.25) is 0 Å². The highest BCUT2D eigenvalue weighted by molar-refractivity contribution is 14.0. The molecule has 1 heterocycles. The fourth-order valence-corrected chi connectivity index (χ4v) is 4.68. The molecule has 1 fully saturated rings. The summed E-state index contributed by atoms with van der Waals surface area (Å²) in [6, 6.07) is 21.5. The van der Waals surface area contributed by atoms with Crippen LogP contribution in [0.25, 0.3) is 0 Å². The normalized spacial score (nSPS) is 16.0. The van der Waals surface area contributed by atoms with Crippen molar-refractivity contribution in [1.29, 1.82) is 0 Å². The zero-order valence-electron chi connectivity index (χ0n) is 18.0. The second kappa shape index (κ2) is 13.2. The molecule has 0 spiro atoms. The second-order valence-corrected chi connectivity index (χ2v) is 8.79. The third kappa shape index (κ3) is 7.17. The van der Waals surface area contributed by atoms with E-state index in [1.807, 2.05) is 18.8 Å². The van der Waals surface area contributed by atoms with Crippen molar-refractivity contribution in [2.24, 2.45) is 4.99 Å². The smallest absolute Gasteiger partial charge is 0.191 e. The lowest BCUT2D eigenvalue weighted by Crippen LogP contribution is -2.48. The number of ether oxygens (including phenoxy) is 1. The lowest BCUT2D eigenvalue weighted by atomic mass is 9.88. The van der Waals surface area contributed by atoms with Gasteiger partial charge in [0.25, 0.3) is 0 Å². The van der Waals surface area contributed by atoms with Gasteiger partial charge in [-0.2, -0.15) is 11.8 Å². The first-order valence-electron chi connectivity index (χ1n) is 10.4. The molecule has 0 amide bonds. The van der Waals surface area contributed by atoms with Gasteiger partial charge < -0.3 is 15.4 Å². The van der Waals surface area contributed by atoms with Gasteiger partial charge in [-0.05, 0) is 36.6 Å². The Morgan fingerprint density at radius 2 is 1.57 bits per heavy atom. The van der Waals surface area contributed by atoms with E-state index in [0.29, 0.717) is 5.92 Å². The van der Waals surface area contributed by atoms with Gasteiger partial charge >= 0.3 is 0 Å². The molecule has 0 aliphatic carbocycles. The Morgan fingerprint density at radius 3 is 2.07 bits per heavy atom. The molecule has 0 radical (unpaired) electrons. The number of benzene rings is 2. The minimum absolute atomic E-state index is 0. The van der Waals surface area contributed by atoms with Crippen LogP contribution < -0.4 is 10.6 Å². The molecule has 1 aliphatic heterocycles. The third-order valence-corrected chi connectivity index (χ3v) is 7.19. The van der Waals surface area contributed by atoms with Gasteiger partial charge in [0.05, 0.1) is 0 Å². The van der Waals surface area contributed by atoms with E-state index in [0.717, 1.165) is 51.5 Å². The van der Waals surface area contributed by atoms with Gasteiger partial charge in [-0.25, -0.2) is 0 Å². The first kappa shape index (κ1) is 25.0. The molecule has 1 saturated heterocycles. The zero-order valence-corrected chi connectivity index (χ0v) is 21.1. The Morgan fingerprint density at radius 1 is 1.00 bits per heavy atom. The fraction of sp³-hybridized carbons (Fsp3) is 0.458. The van der Waals surface area contributed by atoms with Crippen LogP contribution in [0.4, 0.5) is 0 Å². The number of halogens is 1. The highest BCUT2D eigenvalue weighted by Gasteiger charge is 2.31. The van der Waals surface area contributed by atoms with E-state index in [-0.39, 0.29) is 28.7 Å². The van der Waals surface area contributed by atoms with Crippen LogP contribution in [-0.4, -0.2) is 50.3 Å². The summed E-state index contributed by atoms with van der Waals surface area (Å²) in [6.07, 6.45) is 5.38. The summed E-state index contributed by atoms with van der Waals surface area (Å²) in [7, 11) is 1.84. The molecule has 164 valence electrons. The van der Waals surface area contributed by atoms with Crippen molar-refractivity contribution in [2.45, 2.75) is 29.9 Å². The molecule has 0 bridgehead atoms. The average Bonchev–Trinajstić information content (AvgIpc) is 2.80. The maximum atomic E-state index is 5.55. The molecular formula is C24H34IN3OS. The monoisotopic (exact) mass is 539 g/mol. The van der Waals surface area contributed by atoms with E-state index in [1.54, 1.807) is 0 Å². The highest BCUT2D eigenvalue weighted by Crippen LogP contribution is 2.33. The second-order valence-electron chi connectivity index (χ2n) is 7.51. The summed E-state index contributed by atoms with van der Waals surface area (Å²) < 4.78 is 5.79. The zero-order chi connectivity index (χ0) is 20.4. The SMILES string of the molecule is CN=C(NCCC(c1ccccc1)c1ccccc1)NCC1(SC)CCOCC1.I. The molecule has 0 saturated carbocycles. The van der Waals surface area contributed by atoms with E-state index in [9.17, 15) is 0 Å². The molecule has 6 heteroatoms.